The summed E-state index contributed by atoms with van der Waals surface area (Å²) in [5.41, 5.74) is 2.05. The van der Waals surface area contributed by atoms with Crippen LogP contribution in [0.2, 0.25) is 0 Å². The van der Waals surface area contributed by atoms with Crippen molar-refractivity contribution >= 4 is 21.6 Å². The molecule has 2 aromatic rings. The second-order valence-corrected chi connectivity index (χ2v) is 9.03. The maximum Gasteiger partial charge on any atom is 0.255 e. The van der Waals surface area contributed by atoms with Crippen LogP contribution in [0.3, 0.4) is 0 Å². The Hall–Kier alpha value is -2.42. The highest BCUT2D eigenvalue weighted by Crippen LogP contribution is 2.25. The summed E-state index contributed by atoms with van der Waals surface area (Å²) in [4.78, 5) is 14.7. The normalized spacial score (nSPS) is 11.7. The van der Waals surface area contributed by atoms with Crippen molar-refractivity contribution in [1.82, 2.24) is 9.62 Å². The van der Waals surface area contributed by atoms with E-state index in [0.717, 1.165) is 13.0 Å². The zero-order chi connectivity index (χ0) is 21.6. The smallest absolute Gasteiger partial charge is 0.255 e. The molecule has 29 heavy (non-hydrogen) atoms. The molecule has 7 nitrogen and oxygen atoms in total. The van der Waals surface area contributed by atoms with Gasteiger partial charge in [-0.2, -0.15) is 0 Å². The number of nitrogens with one attached hydrogen (secondary N) is 2. The first-order valence-corrected chi connectivity index (χ1v) is 10.9. The molecule has 0 bridgehead atoms. The average Bonchev–Trinajstić information content (AvgIpc) is 2.65. The van der Waals surface area contributed by atoms with Gasteiger partial charge in [0.05, 0.1) is 7.11 Å². The molecule has 2 aromatic carbocycles. The number of benzene rings is 2. The molecule has 0 radical (unpaired) electrons. The highest BCUT2D eigenvalue weighted by Gasteiger charge is 2.22. The zero-order valence-corrected chi connectivity index (χ0v) is 18.3. The van der Waals surface area contributed by atoms with Crippen molar-refractivity contribution in [3.05, 3.63) is 53.6 Å². The van der Waals surface area contributed by atoms with Crippen molar-refractivity contribution in [2.45, 2.75) is 31.2 Å². The van der Waals surface area contributed by atoms with E-state index < -0.39 is 15.9 Å². The summed E-state index contributed by atoms with van der Waals surface area (Å²) in [6.07, 6.45) is 0.920. The van der Waals surface area contributed by atoms with Crippen molar-refractivity contribution in [3.8, 4) is 5.75 Å². The lowest BCUT2D eigenvalue weighted by atomic mass is 10.1. The number of likely N-dealkylation sites (N-methyl/N-ethyl adjacent to an activating group) is 1. The van der Waals surface area contributed by atoms with Crippen molar-refractivity contribution in [2.75, 3.05) is 33.1 Å². The number of amides is 1. The summed E-state index contributed by atoms with van der Waals surface area (Å²) in [6.45, 7) is 4.39. The molecule has 0 aliphatic carbocycles. The van der Waals surface area contributed by atoms with E-state index in [1.54, 1.807) is 13.8 Å². The van der Waals surface area contributed by atoms with Gasteiger partial charge in [0, 0.05) is 23.8 Å². The lowest BCUT2D eigenvalue weighted by molar-refractivity contribution is 0.102. The number of sulfonamides is 1. The highest BCUT2D eigenvalue weighted by atomic mass is 32.2. The van der Waals surface area contributed by atoms with E-state index in [1.807, 2.05) is 38.4 Å². The summed E-state index contributed by atoms with van der Waals surface area (Å²) in [5.74, 6) is -0.213. The Balaban J connectivity index is 2.20. The molecule has 8 heteroatoms. The van der Waals surface area contributed by atoms with Gasteiger partial charge in [0.25, 0.3) is 5.91 Å². The van der Waals surface area contributed by atoms with Crippen LogP contribution in [0.5, 0.6) is 5.75 Å². The number of hydrogen-bond donors (Lipinski definition) is 2. The number of carbonyl (C=O) groups excluding carboxylic acids is 1. The van der Waals surface area contributed by atoms with E-state index in [0.29, 0.717) is 5.69 Å². The Labute approximate surface area is 173 Å². The quantitative estimate of drug-likeness (QED) is 0.653. The number of hydrogen-bond acceptors (Lipinski definition) is 5. The monoisotopic (exact) mass is 419 g/mol. The minimum absolute atomic E-state index is 0.0691. The average molecular weight is 420 g/mol. The minimum Gasteiger partial charge on any atom is -0.495 e. The molecule has 0 saturated heterocycles. The largest absolute Gasteiger partial charge is 0.495 e. The number of methoxy groups -OCH3 is 1. The molecule has 0 unspecified atom stereocenters. The van der Waals surface area contributed by atoms with Crippen LogP contribution in [-0.2, 0) is 16.4 Å². The Kier molecular flexibility index (Phi) is 7.78. The molecule has 0 atom stereocenters. The molecule has 0 aliphatic heterocycles. The topological polar surface area (TPSA) is 87.7 Å². The van der Waals surface area contributed by atoms with Gasteiger partial charge in [-0.25, -0.2) is 13.1 Å². The molecule has 0 spiro atoms. The summed E-state index contributed by atoms with van der Waals surface area (Å²) in [6, 6.07) is 11.7. The van der Waals surface area contributed by atoms with Crippen molar-refractivity contribution in [3.63, 3.8) is 0 Å². The Bertz CT molecular complexity index is 939. The Morgan fingerprint density at radius 3 is 2.31 bits per heavy atom. The summed E-state index contributed by atoms with van der Waals surface area (Å²) in [5, 5.41) is 2.80. The molecular weight excluding hydrogens is 390 g/mol. The predicted molar refractivity (Wildman–Crippen MR) is 115 cm³/mol. The molecule has 158 valence electrons. The van der Waals surface area contributed by atoms with Crippen LogP contribution in [0.15, 0.2) is 47.4 Å². The predicted octanol–water partition coefficient (Wildman–Crippen LogP) is 2.74. The van der Waals surface area contributed by atoms with Crippen LogP contribution >= 0.6 is 0 Å². The van der Waals surface area contributed by atoms with Crippen molar-refractivity contribution in [1.29, 1.82) is 0 Å². The lowest BCUT2D eigenvalue weighted by Crippen LogP contribution is -2.30. The zero-order valence-electron chi connectivity index (χ0n) is 17.5. The van der Waals surface area contributed by atoms with Gasteiger partial charge in [0.15, 0.2) is 0 Å². The first-order valence-electron chi connectivity index (χ1n) is 9.38. The first-order chi connectivity index (χ1) is 13.6. The second kappa shape index (κ2) is 9.87. The van der Waals surface area contributed by atoms with Gasteiger partial charge in [-0.1, -0.05) is 12.1 Å². The molecule has 2 N–H and O–H groups in total. The third-order valence-electron chi connectivity index (χ3n) is 4.17. The molecule has 0 fully saturated rings. The fourth-order valence-electron chi connectivity index (χ4n) is 2.71. The molecular formula is C21H29N3O4S. The molecule has 2 rings (SSSR count). The van der Waals surface area contributed by atoms with E-state index in [4.69, 9.17) is 4.74 Å². The van der Waals surface area contributed by atoms with Gasteiger partial charge in [-0.15, -0.1) is 0 Å². The van der Waals surface area contributed by atoms with Crippen LogP contribution in [0.25, 0.3) is 0 Å². The molecule has 0 heterocycles. The Morgan fingerprint density at radius 1 is 1.10 bits per heavy atom. The number of carbonyl (C=O) groups is 1. The summed E-state index contributed by atoms with van der Waals surface area (Å²) >= 11 is 0. The fourth-order valence-corrected chi connectivity index (χ4v) is 4.16. The minimum atomic E-state index is -3.81. The van der Waals surface area contributed by atoms with E-state index in [2.05, 4.69) is 14.9 Å². The number of nitrogens with zero attached hydrogens (tertiary/aromatic N) is 1. The van der Waals surface area contributed by atoms with Gasteiger partial charge >= 0.3 is 0 Å². The van der Waals surface area contributed by atoms with Crippen LogP contribution in [0, 0.1) is 0 Å². The van der Waals surface area contributed by atoms with Crippen molar-refractivity contribution < 1.29 is 17.9 Å². The number of ether oxygens (including phenoxy) is 1. The van der Waals surface area contributed by atoms with E-state index >= 15 is 0 Å². The van der Waals surface area contributed by atoms with Crippen LogP contribution in [0.4, 0.5) is 5.69 Å². The highest BCUT2D eigenvalue weighted by molar-refractivity contribution is 7.89. The maximum absolute atomic E-state index is 12.6. The molecule has 0 saturated carbocycles. The van der Waals surface area contributed by atoms with E-state index in [-0.39, 0.29) is 22.3 Å². The second-order valence-electron chi connectivity index (χ2n) is 7.35. The van der Waals surface area contributed by atoms with Gasteiger partial charge in [-0.05, 0) is 70.3 Å². The Morgan fingerprint density at radius 2 is 1.76 bits per heavy atom. The first kappa shape index (κ1) is 22.9. The van der Waals surface area contributed by atoms with Gasteiger partial charge in [0.2, 0.25) is 10.0 Å². The standard InChI is InChI=1S/C21H29N3O4S/c1-15(2)23-29(26,27)20-14-17(8-11-19(20)28-5)21(25)22-18-9-6-16(7-10-18)12-13-24(3)4/h6-11,14-15,23H,12-13H2,1-5H3,(H,22,25). The third-order valence-corrected chi connectivity index (χ3v) is 5.85. The molecule has 0 aliphatic rings. The third kappa shape index (κ3) is 6.56. The summed E-state index contributed by atoms with van der Waals surface area (Å²) < 4.78 is 32.8. The fraction of sp³-hybridized carbons (Fsp3) is 0.381. The lowest BCUT2D eigenvalue weighted by Gasteiger charge is -2.14. The molecule has 1 amide bonds. The van der Waals surface area contributed by atoms with Crippen LogP contribution in [-0.4, -0.2) is 53.0 Å². The van der Waals surface area contributed by atoms with E-state index in [1.165, 1.54) is 30.9 Å². The van der Waals surface area contributed by atoms with Gasteiger partial charge < -0.3 is 15.0 Å². The molecule has 0 aromatic heterocycles. The summed E-state index contributed by atoms with van der Waals surface area (Å²) in [7, 11) is 1.63. The maximum atomic E-state index is 12.6. The van der Waals surface area contributed by atoms with Crippen LogP contribution in [0.1, 0.15) is 29.8 Å². The van der Waals surface area contributed by atoms with E-state index in [9.17, 15) is 13.2 Å². The van der Waals surface area contributed by atoms with Gasteiger partial charge in [-0.3, -0.25) is 4.79 Å². The number of anilines is 1. The SMILES string of the molecule is COc1ccc(C(=O)Nc2ccc(CCN(C)C)cc2)cc1S(=O)(=O)NC(C)C. The number of rotatable bonds is 9. The van der Waals surface area contributed by atoms with Crippen molar-refractivity contribution in [2.24, 2.45) is 0 Å². The van der Waals surface area contributed by atoms with Gasteiger partial charge in [0.1, 0.15) is 10.6 Å². The van der Waals surface area contributed by atoms with Crippen LogP contribution < -0.4 is 14.8 Å².